The third kappa shape index (κ3) is 3.72. The zero-order chi connectivity index (χ0) is 16.2. The van der Waals surface area contributed by atoms with Crippen LogP contribution in [0.3, 0.4) is 0 Å². The summed E-state index contributed by atoms with van der Waals surface area (Å²) in [5, 5.41) is 0. The molecule has 0 aliphatic heterocycles. The van der Waals surface area contributed by atoms with Crippen molar-refractivity contribution in [2.45, 2.75) is 38.0 Å². The molecule has 0 heterocycles. The SMILES string of the molecule is COc1ccc(-c2ccc(C3CCC(C(F)F)CC3)cc2)cc1. The van der Waals surface area contributed by atoms with Crippen molar-refractivity contribution in [2.75, 3.05) is 7.11 Å². The van der Waals surface area contributed by atoms with Gasteiger partial charge >= 0.3 is 0 Å². The Bertz CT molecular complexity index is 611. The first-order valence-electron chi connectivity index (χ1n) is 8.20. The van der Waals surface area contributed by atoms with E-state index in [1.807, 2.05) is 24.3 Å². The Labute approximate surface area is 136 Å². The van der Waals surface area contributed by atoms with Crippen LogP contribution in [0.15, 0.2) is 48.5 Å². The zero-order valence-corrected chi connectivity index (χ0v) is 13.3. The lowest BCUT2D eigenvalue weighted by atomic mass is 9.78. The molecule has 1 nitrogen and oxygen atoms in total. The summed E-state index contributed by atoms with van der Waals surface area (Å²) < 4.78 is 30.6. The second kappa shape index (κ2) is 7.12. The summed E-state index contributed by atoms with van der Waals surface area (Å²) in [5.74, 6) is 0.876. The van der Waals surface area contributed by atoms with E-state index in [9.17, 15) is 8.78 Å². The highest BCUT2D eigenvalue weighted by Crippen LogP contribution is 2.38. The van der Waals surface area contributed by atoms with E-state index in [1.165, 1.54) is 5.56 Å². The molecule has 23 heavy (non-hydrogen) atoms. The van der Waals surface area contributed by atoms with Crippen LogP contribution in [0.5, 0.6) is 5.75 Å². The number of benzene rings is 2. The highest BCUT2D eigenvalue weighted by atomic mass is 19.3. The largest absolute Gasteiger partial charge is 0.497 e. The number of rotatable bonds is 4. The molecule has 0 N–H and O–H groups in total. The molecule has 122 valence electrons. The van der Waals surface area contributed by atoms with Crippen LogP contribution < -0.4 is 4.74 Å². The fourth-order valence-corrected chi connectivity index (χ4v) is 3.44. The molecule has 1 aliphatic carbocycles. The van der Waals surface area contributed by atoms with Crippen LogP contribution in [0.25, 0.3) is 11.1 Å². The first-order chi connectivity index (χ1) is 11.2. The van der Waals surface area contributed by atoms with Gasteiger partial charge in [-0.05, 0) is 60.4 Å². The molecule has 0 radical (unpaired) electrons. The first kappa shape index (κ1) is 16.0. The van der Waals surface area contributed by atoms with E-state index >= 15 is 0 Å². The van der Waals surface area contributed by atoms with Crippen molar-refractivity contribution in [3.63, 3.8) is 0 Å². The van der Waals surface area contributed by atoms with Crippen LogP contribution in [0.4, 0.5) is 8.78 Å². The molecule has 0 saturated heterocycles. The summed E-state index contributed by atoms with van der Waals surface area (Å²) in [6, 6.07) is 16.5. The van der Waals surface area contributed by atoms with Crippen molar-refractivity contribution < 1.29 is 13.5 Å². The molecule has 2 aromatic rings. The summed E-state index contributed by atoms with van der Waals surface area (Å²) in [7, 11) is 1.66. The normalized spacial score (nSPS) is 21.4. The lowest BCUT2D eigenvalue weighted by Crippen LogP contribution is -2.19. The minimum atomic E-state index is -2.16. The Morgan fingerprint density at radius 1 is 0.826 bits per heavy atom. The number of halogens is 2. The summed E-state index contributed by atoms with van der Waals surface area (Å²) in [4.78, 5) is 0. The van der Waals surface area contributed by atoms with Gasteiger partial charge in [0.1, 0.15) is 5.75 Å². The van der Waals surface area contributed by atoms with Gasteiger partial charge in [0.05, 0.1) is 7.11 Å². The second-order valence-corrected chi connectivity index (χ2v) is 6.30. The smallest absolute Gasteiger partial charge is 0.241 e. The van der Waals surface area contributed by atoms with Crippen LogP contribution >= 0.6 is 0 Å². The molecule has 1 saturated carbocycles. The van der Waals surface area contributed by atoms with Crippen molar-refractivity contribution >= 4 is 0 Å². The van der Waals surface area contributed by atoms with Crippen LogP contribution in [0.1, 0.15) is 37.2 Å². The molecule has 0 atom stereocenters. The first-order valence-corrected chi connectivity index (χ1v) is 8.20. The maximum Gasteiger partial charge on any atom is 0.241 e. The molecule has 3 heteroatoms. The third-order valence-electron chi connectivity index (χ3n) is 4.93. The minimum absolute atomic E-state index is 0.398. The number of alkyl halides is 2. The van der Waals surface area contributed by atoms with Gasteiger partial charge in [-0.2, -0.15) is 0 Å². The number of hydrogen-bond acceptors (Lipinski definition) is 1. The average Bonchev–Trinajstić information content (AvgIpc) is 2.62. The van der Waals surface area contributed by atoms with Crippen LogP contribution in [0.2, 0.25) is 0 Å². The van der Waals surface area contributed by atoms with Crippen LogP contribution in [-0.2, 0) is 0 Å². The fourth-order valence-electron chi connectivity index (χ4n) is 3.44. The molecule has 2 aromatic carbocycles. The van der Waals surface area contributed by atoms with E-state index in [0.29, 0.717) is 18.8 Å². The van der Waals surface area contributed by atoms with E-state index in [-0.39, 0.29) is 0 Å². The highest BCUT2D eigenvalue weighted by molar-refractivity contribution is 5.64. The summed E-state index contributed by atoms with van der Waals surface area (Å²) in [6.07, 6.45) is 0.868. The van der Waals surface area contributed by atoms with Crippen molar-refractivity contribution in [1.29, 1.82) is 0 Å². The molecule has 0 spiro atoms. The predicted molar refractivity (Wildman–Crippen MR) is 89.1 cm³/mol. The van der Waals surface area contributed by atoms with Gasteiger partial charge in [-0.1, -0.05) is 36.4 Å². The monoisotopic (exact) mass is 316 g/mol. The van der Waals surface area contributed by atoms with E-state index in [0.717, 1.165) is 29.7 Å². The molecule has 1 fully saturated rings. The molecular formula is C20H22F2O. The Morgan fingerprint density at radius 3 is 1.83 bits per heavy atom. The second-order valence-electron chi connectivity index (χ2n) is 6.30. The van der Waals surface area contributed by atoms with Gasteiger partial charge in [0, 0.05) is 5.92 Å². The zero-order valence-electron chi connectivity index (χ0n) is 13.3. The van der Waals surface area contributed by atoms with Gasteiger partial charge in [-0.15, -0.1) is 0 Å². The van der Waals surface area contributed by atoms with Gasteiger partial charge in [0.2, 0.25) is 6.43 Å². The Balaban J connectivity index is 1.67. The third-order valence-corrected chi connectivity index (χ3v) is 4.93. The lowest BCUT2D eigenvalue weighted by molar-refractivity contribution is 0.0528. The van der Waals surface area contributed by atoms with Crippen molar-refractivity contribution in [3.8, 4) is 16.9 Å². The maximum absolute atomic E-state index is 12.7. The number of ether oxygens (including phenoxy) is 1. The standard InChI is InChI=1S/C20H22F2O/c1-23-19-12-10-17(11-13-19)15-4-2-14(3-5-15)16-6-8-18(9-7-16)20(21)22/h2-5,10-13,16,18,20H,6-9H2,1H3. The van der Waals surface area contributed by atoms with Crippen molar-refractivity contribution in [3.05, 3.63) is 54.1 Å². The summed E-state index contributed by atoms with van der Waals surface area (Å²) in [6.45, 7) is 0. The predicted octanol–water partition coefficient (Wildman–Crippen LogP) is 5.90. The molecule has 1 aliphatic rings. The fraction of sp³-hybridized carbons (Fsp3) is 0.400. The molecule has 0 bridgehead atoms. The van der Waals surface area contributed by atoms with E-state index in [2.05, 4.69) is 24.3 Å². The van der Waals surface area contributed by atoms with Crippen molar-refractivity contribution in [1.82, 2.24) is 0 Å². The Morgan fingerprint density at radius 2 is 1.35 bits per heavy atom. The topological polar surface area (TPSA) is 9.23 Å². The molecule has 0 unspecified atom stereocenters. The van der Waals surface area contributed by atoms with Gasteiger partial charge in [-0.3, -0.25) is 0 Å². The number of hydrogen-bond donors (Lipinski definition) is 0. The summed E-state index contributed by atoms with van der Waals surface area (Å²) >= 11 is 0. The van der Waals surface area contributed by atoms with Crippen LogP contribution in [-0.4, -0.2) is 13.5 Å². The lowest BCUT2D eigenvalue weighted by Gasteiger charge is -2.28. The highest BCUT2D eigenvalue weighted by Gasteiger charge is 2.27. The molecule has 0 amide bonds. The van der Waals surface area contributed by atoms with E-state index in [1.54, 1.807) is 7.11 Å². The summed E-state index contributed by atoms with van der Waals surface area (Å²) in [5.41, 5.74) is 3.59. The van der Waals surface area contributed by atoms with Crippen LogP contribution in [0, 0.1) is 5.92 Å². The molecule has 0 aromatic heterocycles. The molecular weight excluding hydrogens is 294 g/mol. The van der Waals surface area contributed by atoms with Gasteiger partial charge < -0.3 is 4.74 Å². The minimum Gasteiger partial charge on any atom is -0.497 e. The maximum atomic E-state index is 12.7. The Hall–Kier alpha value is -1.90. The average molecular weight is 316 g/mol. The van der Waals surface area contributed by atoms with Gasteiger partial charge in [0.25, 0.3) is 0 Å². The van der Waals surface area contributed by atoms with E-state index < -0.39 is 12.3 Å². The Kier molecular flexibility index (Phi) is 4.94. The molecule has 3 rings (SSSR count). The van der Waals surface area contributed by atoms with Crippen molar-refractivity contribution in [2.24, 2.45) is 5.92 Å². The van der Waals surface area contributed by atoms with Gasteiger partial charge in [0.15, 0.2) is 0 Å². The van der Waals surface area contributed by atoms with Gasteiger partial charge in [-0.25, -0.2) is 8.78 Å². The van der Waals surface area contributed by atoms with E-state index in [4.69, 9.17) is 4.74 Å². The quantitative estimate of drug-likeness (QED) is 0.682. The number of methoxy groups -OCH3 is 1.